The Morgan fingerprint density at radius 3 is 2.93 bits per heavy atom. The van der Waals surface area contributed by atoms with Crippen LogP contribution in [-0.4, -0.2) is 15.9 Å². The predicted octanol–water partition coefficient (Wildman–Crippen LogP) is 1.98. The zero-order valence-corrected chi connectivity index (χ0v) is 8.23. The number of anilines is 1. The van der Waals surface area contributed by atoms with E-state index in [-0.39, 0.29) is 17.1 Å². The maximum Gasteiger partial charge on any atom is 0.301 e. The average Bonchev–Trinajstić information content (AvgIpc) is 2.70. The van der Waals surface area contributed by atoms with E-state index in [1.807, 2.05) is 0 Å². The van der Waals surface area contributed by atoms with E-state index >= 15 is 0 Å². The number of carbonyl (C=O) groups is 1. The standard InChI is InChI=1S/C9H6ClN3O2/c10-7-5-6(1-2-11-7)8(14)13-9-12-3-4-15-9/h1-5H,(H,12,13,14). The molecular formula is C9H6ClN3O2. The molecule has 0 radical (unpaired) electrons. The maximum atomic E-state index is 11.6. The van der Waals surface area contributed by atoms with Gasteiger partial charge in [0.05, 0.1) is 6.20 Å². The summed E-state index contributed by atoms with van der Waals surface area (Å²) < 4.78 is 4.86. The molecule has 15 heavy (non-hydrogen) atoms. The average molecular weight is 224 g/mol. The van der Waals surface area contributed by atoms with Crippen LogP contribution in [0.4, 0.5) is 6.01 Å². The van der Waals surface area contributed by atoms with E-state index in [0.717, 1.165) is 0 Å². The molecule has 2 rings (SSSR count). The fraction of sp³-hybridized carbons (Fsp3) is 0. The van der Waals surface area contributed by atoms with Crippen molar-refractivity contribution in [3.05, 3.63) is 41.5 Å². The minimum Gasteiger partial charge on any atom is -0.432 e. The van der Waals surface area contributed by atoms with Crippen LogP contribution in [0, 0.1) is 0 Å². The van der Waals surface area contributed by atoms with Gasteiger partial charge in [0.25, 0.3) is 5.91 Å². The van der Waals surface area contributed by atoms with Gasteiger partial charge in [0.15, 0.2) is 0 Å². The molecule has 0 aliphatic heterocycles. The van der Waals surface area contributed by atoms with Crippen molar-refractivity contribution in [1.82, 2.24) is 9.97 Å². The third-order valence-electron chi connectivity index (χ3n) is 1.64. The fourth-order valence-corrected chi connectivity index (χ4v) is 1.17. The van der Waals surface area contributed by atoms with Gasteiger partial charge in [0.1, 0.15) is 11.4 Å². The number of hydrogen-bond acceptors (Lipinski definition) is 4. The molecule has 0 fully saturated rings. The van der Waals surface area contributed by atoms with E-state index in [9.17, 15) is 4.79 Å². The molecule has 1 amide bonds. The highest BCUT2D eigenvalue weighted by atomic mass is 35.5. The molecule has 76 valence electrons. The molecule has 2 aromatic rings. The summed E-state index contributed by atoms with van der Waals surface area (Å²) in [7, 11) is 0. The summed E-state index contributed by atoms with van der Waals surface area (Å²) in [5, 5.41) is 2.72. The number of rotatable bonds is 2. The molecule has 0 saturated carbocycles. The Kier molecular flexibility index (Phi) is 2.64. The van der Waals surface area contributed by atoms with Crippen molar-refractivity contribution in [2.24, 2.45) is 0 Å². The third kappa shape index (κ3) is 2.32. The van der Waals surface area contributed by atoms with E-state index in [1.165, 1.54) is 24.7 Å². The highest BCUT2D eigenvalue weighted by Gasteiger charge is 2.08. The highest BCUT2D eigenvalue weighted by molar-refractivity contribution is 6.29. The van der Waals surface area contributed by atoms with E-state index in [1.54, 1.807) is 6.07 Å². The molecule has 6 heteroatoms. The van der Waals surface area contributed by atoms with Crippen LogP contribution >= 0.6 is 11.6 Å². The van der Waals surface area contributed by atoms with Crippen LogP contribution in [0.2, 0.25) is 5.15 Å². The van der Waals surface area contributed by atoms with Crippen molar-refractivity contribution in [1.29, 1.82) is 0 Å². The molecule has 2 aromatic heterocycles. The van der Waals surface area contributed by atoms with E-state index in [0.29, 0.717) is 5.56 Å². The summed E-state index contributed by atoms with van der Waals surface area (Å²) >= 11 is 5.64. The first-order chi connectivity index (χ1) is 7.25. The van der Waals surface area contributed by atoms with Crippen LogP contribution in [-0.2, 0) is 0 Å². The summed E-state index contributed by atoms with van der Waals surface area (Å²) in [6, 6.07) is 3.15. The van der Waals surface area contributed by atoms with Crippen LogP contribution in [0.5, 0.6) is 0 Å². The Morgan fingerprint density at radius 1 is 1.40 bits per heavy atom. The molecule has 0 spiro atoms. The van der Waals surface area contributed by atoms with E-state index < -0.39 is 0 Å². The maximum absolute atomic E-state index is 11.6. The summed E-state index contributed by atoms with van der Waals surface area (Å²) in [6.07, 6.45) is 4.26. The number of aromatic nitrogens is 2. The van der Waals surface area contributed by atoms with Gasteiger partial charge >= 0.3 is 6.01 Å². The third-order valence-corrected chi connectivity index (χ3v) is 1.85. The molecule has 0 aromatic carbocycles. The van der Waals surface area contributed by atoms with E-state index in [2.05, 4.69) is 15.3 Å². The monoisotopic (exact) mass is 223 g/mol. The second-order valence-corrected chi connectivity index (χ2v) is 3.05. The Balaban J connectivity index is 2.15. The van der Waals surface area contributed by atoms with Crippen LogP contribution in [0.3, 0.4) is 0 Å². The van der Waals surface area contributed by atoms with Gasteiger partial charge in [-0.05, 0) is 12.1 Å². The number of hydrogen-bond donors (Lipinski definition) is 1. The number of amides is 1. The van der Waals surface area contributed by atoms with Crippen molar-refractivity contribution >= 4 is 23.5 Å². The van der Waals surface area contributed by atoms with Gasteiger partial charge in [-0.2, -0.15) is 0 Å². The lowest BCUT2D eigenvalue weighted by molar-refractivity contribution is 0.102. The van der Waals surface area contributed by atoms with Crippen LogP contribution in [0.1, 0.15) is 10.4 Å². The van der Waals surface area contributed by atoms with Gasteiger partial charge in [-0.1, -0.05) is 11.6 Å². The second kappa shape index (κ2) is 4.10. The molecule has 0 aliphatic carbocycles. The van der Waals surface area contributed by atoms with Crippen LogP contribution in [0.15, 0.2) is 35.2 Å². The van der Waals surface area contributed by atoms with Crippen molar-refractivity contribution < 1.29 is 9.21 Å². The first-order valence-corrected chi connectivity index (χ1v) is 4.46. The summed E-state index contributed by atoms with van der Waals surface area (Å²) in [4.78, 5) is 19.1. The summed E-state index contributed by atoms with van der Waals surface area (Å²) in [5.74, 6) is -0.346. The lowest BCUT2D eigenvalue weighted by Gasteiger charge is -2.00. The molecule has 0 unspecified atom stereocenters. The Hall–Kier alpha value is -1.88. The van der Waals surface area contributed by atoms with Gasteiger partial charge in [-0.15, -0.1) is 0 Å². The van der Waals surface area contributed by atoms with Gasteiger partial charge in [-0.3, -0.25) is 10.1 Å². The smallest absolute Gasteiger partial charge is 0.301 e. The number of oxazole rings is 1. The summed E-state index contributed by atoms with van der Waals surface area (Å²) in [6.45, 7) is 0. The molecule has 0 saturated heterocycles. The zero-order chi connectivity index (χ0) is 10.7. The number of nitrogens with zero attached hydrogens (tertiary/aromatic N) is 2. The molecule has 0 aliphatic rings. The molecule has 0 bridgehead atoms. The molecule has 2 heterocycles. The molecule has 5 nitrogen and oxygen atoms in total. The highest BCUT2D eigenvalue weighted by Crippen LogP contribution is 2.09. The Labute approximate surface area is 90.1 Å². The molecular weight excluding hydrogens is 218 g/mol. The van der Waals surface area contributed by atoms with Crippen molar-refractivity contribution in [2.45, 2.75) is 0 Å². The van der Waals surface area contributed by atoms with Crippen molar-refractivity contribution in [3.63, 3.8) is 0 Å². The molecule has 1 N–H and O–H groups in total. The van der Waals surface area contributed by atoms with Gasteiger partial charge in [0.2, 0.25) is 0 Å². The SMILES string of the molecule is O=C(Nc1ncco1)c1ccnc(Cl)c1. The van der Waals surface area contributed by atoms with Gasteiger partial charge in [0, 0.05) is 11.8 Å². The number of halogens is 1. The van der Waals surface area contributed by atoms with Crippen molar-refractivity contribution in [3.8, 4) is 0 Å². The van der Waals surface area contributed by atoms with Gasteiger partial charge in [-0.25, -0.2) is 9.97 Å². The first-order valence-electron chi connectivity index (χ1n) is 4.08. The minimum absolute atomic E-state index is 0.146. The minimum atomic E-state index is -0.346. The largest absolute Gasteiger partial charge is 0.432 e. The number of carbonyl (C=O) groups excluding carboxylic acids is 1. The normalized spacial score (nSPS) is 9.93. The Morgan fingerprint density at radius 2 is 2.27 bits per heavy atom. The lowest BCUT2D eigenvalue weighted by Crippen LogP contribution is -2.12. The quantitative estimate of drug-likeness (QED) is 0.791. The second-order valence-electron chi connectivity index (χ2n) is 2.66. The van der Waals surface area contributed by atoms with Crippen LogP contribution in [0.25, 0.3) is 0 Å². The fourth-order valence-electron chi connectivity index (χ4n) is 0.998. The van der Waals surface area contributed by atoms with Crippen LogP contribution < -0.4 is 5.32 Å². The topological polar surface area (TPSA) is 68.0 Å². The molecule has 0 atom stereocenters. The summed E-state index contributed by atoms with van der Waals surface area (Å²) in [5.41, 5.74) is 0.396. The predicted molar refractivity (Wildman–Crippen MR) is 53.7 cm³/mol. The van der Waals surface area contributed by atoms with Gasteiger partial charge < -0.3 is 4.42 Å². The lowest BCUT2D eigenvalue weighted by atomic mass is 10.2. The Bertz CT molecular complexity index is 470. The zero-order valence-electron chi connectivity index (χ0n) is 7.48. The van der Waals surface area contributed by atoms with E-state index in [4.69, 9.17) is 16.0 Å². The number of nitrogens with one attached hydrogen (secondary N) is 1. The number of pyridine rings is 1. The van der Waals surface area contributed by atoms with Crippen molar-refractivity contribution in [2.75, 3.05) is 5.32 Å². The first kappa shape index (κ1) is 9.67.